The molecule has 22 heavy (non-hydrogen) atoms. The molecule has 0 fully saturated rings. The van der Waals surface area contributed by atoms with Crippen LogP contribution < -0.4 is 9.47 Å². The fourth-order valence-electron chi connectivity index (χ4n) is 2.74. The topological polar surface area (TPSA) is 76.0 Å². The van der Waals surface area contributed by atoms with Crippen molar-refractivity contribution in [1.29, 1.82) is 0 Å². The molecule has 0 atom stereocenters. The highest BCUT2D eigenvalue weighted by Crippen LogP contribution is 2.45. The molecule has 0 unspecified atom stereocenters. The monoisotopic (exact) mass is 298 g/mol. The van der Waals surface area contributed by atoms with Crippen molar-refractivity contribution in [3.63, 3.8) is 0 Å². The van der Waals surface area contributed by atoms with Crippen molar-refractivity contribution in [2.75, 3.05) is 14.2 Å². The number of carbonyl (C=O) groups is 1. The van der Waals surface area contributed by atoms with Gasteiger partial charge in [0.15, 0.2) is 11.5 Å². The Labute approximate surface area is 126 Å². The van der Waals surface area contributed by atoms with Crippen molar-refractivity contribution in [1.82, 2.24) is 0 Å². The number of fused-ring (bicyclic) bond motifs is 3. The van der Waals surface area contributed by atoms with Crippen molar-refractivity contribution in [2.45, 2.75) is 0 Å². The summed E-state index contributed by atoms with van der Waals surface area (Å²) >= 11 is 0. The van der Waals surface area contributed by atoms with Gasteiger partial charge in [0.05, 0.1) is 19.8 Å². The van der Waals surface area contributed by atoms with Crippen molar-refractivity contribution in [3.05, 3.63) is 42.0 Å². The molecular weight excluding hydrogens is 284 g/mol. The second-order valence-electron chi connectivity index (χ2n) is 4.83. The molecule has 5 heteroatoms. The first kappa shape index (κ1) is 14.0. The van der Waals surface area contributed by atoms with Crippen LogP contribution in [0.4, 0.5) is 0 Å². The van der Waals surface area contributed by atoms with Crippen LogP contribution in [-0.2, 0) is 0 Å². The maximum atomic E-state index is 11.5. The zero-order valence-electron chi connectivity index (χ0n) is 12.1. The average molecular weight is 298 g/mol. The van der Waals surface area contributed by atoms with Gasteiger partial charge in [0, 0.05) is 5.39 Å². The Kier molecular flexibility index (Phi) is 3.25. The minimum Gasteiger partial charge on any atom is -0.504 e. The molecule has 0 spiro atoms. The van der Waals surface area contributed by atoms with Crippen LogP contribution in [0.25, 0.3) is 21.5 Å². The zero-order chi connectivity index (χ0) is 15.9. The number of carboxylic acids is 1. The average Bonchev–Trinajstić information content (AvgIpc) is 2.53. The molecule has 3 rings (SSSR count). The van der Waals surface area contributed by atoms with Crippen molar-refractivity contribution in [3.8, 4) is 17.2 Å². The highest BCUT2D eigenvalue weighted by atomic mass is 16.5. The molecule has 0 bridgehead atoms. The van der Waals surface area contributed by atoms with Crippen LogP contribution in [0.2, 0.25) is 0 Å². The van der Waals surface area contributed by atoms with Gasteiger partial charge in [0.25, 0.3) is 0 Å². The lowest BCUT2D eigenvalue weighted by Crippen LogP contribution is -1.99. The molecule has 0 saturated carbocycles. The van der Waals surface area contributed by atoms with Gasteiger partial charge in [-0.25, -0.2) is 4.79 Å². The summed E-state index contributed by atoms with van der Waals surface area (Å²) in [4.78, 5) is 11.5. The fourth-order valence-corrected chi connectivity index (χ4v) is 2.74. The van der Waals surface area contributed by atoms with Gasteiger partial charge in [0.2, 0.25) is 5.75 Å². The summed E-state index contributed by atoms with van der Waals surface area (Å²) in [5.74, 6) is -0.514. The molecule has 0 aliphatic heterocycles. The first-order valence-electron chi connectivity index (χ1n) is 6.61. The number of phenols is 1. The Bertz CT molecular complexity index is 899. The Hall–Kier alpha value is -2.95. The number of benzene rings is 3. The molecule has 0 aliphatic rings. The Morgan fingerprint density at radius 1 is 1.05 bits per heavy atom. The number of aromatic carboxylic acids is 1. The van der Waals surface area contributed by atoms with E-state index in [9.17, 15) is 15.0 Å². The molecule has 0 radical (unpaired) electrons. The van der Waals surface area contributed by atoms with E-state index < -0.39 is 5.97 Å². The summed E-state index contributed by atoms with van der Waals surface area (Å²) in [5, 5.41) is 22.3. The maximum Gasteiger partial charge on any atom is 0.336 e. The number of aromatic hydroxyl groups is 1. The molecule has 2 N–H and O–H groups in total. The predicted molar refractivity (Wildman–Crippen MR) is 83.2 cm³/mol. The molecule has 0 aromatic heterocycles. The van der Waals surface area contributed by atoms with Gasteiger partial charge in [0.1, 0.15) is 0 Å². The van der Waals surface area contributed by atoms with E-state index >= 15 is 0 Å². The van der Waals surface area contributed by atoms with Gasteiger partial charge in [-0.1, -0.05) is 24.3 Å². The highest BCUT2D eigenvalue weighted by Gasteiger charge is 2.19. The van der Waals surface area contributed by atoms with E-state index in [1.54, 1.807) is 30.3 Å². The smallest absolute Gasteiger partial charge is 0.336 e. The molecule has 0 heterocycles. The van der Waals surface area contributed by atoms with E-state index in [0.717, 1.165) is 0 Å². The molecule has 112 valence electrons. The van der Waals surface area contributed by atoms with E-state index in [-0.39, 0.29) is 17.1 Å². The SMILES string of the molecule is COc1cc2cc(C(=O)O)c3ccccc3c2c(O)c1OC. The van der Waals surface area contributed by atoms with Gasteiger partial charge in [-0.2, -0.15) is 0 Å². The van der Waals surface area contributed by atoms with E-state index in [0.29, 0.717) is 27.3 Å². The second-order valence-corrected chi connectivity index (χ2v) is 4.83. The third-order valence-electron chi connectivity index (χ3n) is 3.69. The van der Waals surface area contributed by atoms with Crippen molar-refractivity contribution in [2.24, 2.45) is 0 Å². The maximum absolute atomic E-state index is 11.5. The molecule has 0 amide bonds. The number of hydrogen-bond acceptors (Lipinski definition) is 4. The first-order valence-corrected chi connectivity index (χ1v) is 6.61. The van der Waals surface area contributed by atoms with Crippen molar-refractivity contribution < 1.29 is 24.5 Å². The Balaban J connectivity index is 2.57. The zero-order valence-corrected chi connectivity index (χ0v) is 12.1. The summed E-state index contributed by atoms with van der Waals surface area (Å²) in [7, 11) is 2.90. The number of ether oxygens (including phenoxy) is 2. The third-order valence-corrected chi connectivity index (χ3v) is 3.69. The van der Waals surface area contributed by atoms with Crippen LogP contribution in [0.1, 0.15) is 10.4 Å². The van der Waals surface area contributed by atoms with Crippen LogP contribution in [0.3, 0.4) is 0 Å². The fraction of sp³-hybridized carbons (Fsp3) is 0.118. The van der Waals surface area contributed by atoms with Gasteiger partial charge in [-0.15, -0.1) is 0 Å². The van der Waals surface area contributed by atoms with Gasteiger partial charge in [-0.3, -0.25) is 0 Å². The minimum atomic E-state index is -1.02. The lowest BCUT2D eigenvalue weighted by Gasteiger charge is -2.14. The van der Waals surface area contributed by atoms with Gasteiger partial charge >= 0.3 is 5.97 Å². The van der Waals surface area contributed by atoms with E-state index in [2.05, 4.69) is 0 Å². The minimum absolute atomic E-state index is 0.0648. The standard InChI is InChI=1S/C17H14O5/c1-21-13-8-9-7-12(17(19)20)10-5-3-4-6-11(10)14(9)15(18)16(13)22-2/h3-8,18H,1-2H3,(H,19,20). The van der Waals surface area contributed by atoms with Gasteiger partial charge in [-0.05, 0) is 28.3 Å². The molecule has 3 aromatic carbocycles. The van der Waals surface area contributed by atoms with E-state index in [1.165, 1.54) is 20.3 Å². The lowest BCUT2D eigenvalue weighted by atomic mass is 9.96. The quantitative estimate of drug-likeness (QED) is 0.725. The number of rotatable bonds is 3. The van der Waals surface area contributed by atoms with E-state index in [4.69, 9.17) is 9.47 Å². The predicted octanol–water partition coefficient (Wildman–Crippen LogP) is 3.41. The lowest BCUT2D eigenvalue weighted by molar-refractivity contribution is 0.0699. The number of methoxy groups -OCH3 is 2. The Morgan fingerprint density at radius 3 is 2.32 bits per heavy atom. The molecule has 0 saturated heterocycles. The van der Waals surface area contributed by atoms with Crippen LogP contribution in [-0.4, -0.2) is 30.4 Å². The summed E-state index contributed by atoms with van der Waals surface area (Å²) in [5.41, 5.74) is 0.176. The highest BCUT2D eigenvalue weighted by molar-refractivity contribution is 6.18. The van der Waals surface area contributed by atoms with Crippen LogP contribution >= 0.6 is 0 Å². The number of carboxylic acid groups (broad SMARTS) is 1. The summed E-state index contributed by atoms with van der Waals surface area (Å²) < 4.78 is 10.4. The molecular formula is C17H14O5. The first-order chi connectivity index (χ1) is 10.6. The normalized spacial score (nSPS) is 10.8. The molecule has 0 aliphatic carbocycles. The number of hydrogen-bond donors (Lipinski definition) is 2. The van der Waals surface area contributed by atoms with Crippen LogP contribution in [0.15, 0.2) is 36.4 Å². The summed E-state index contributed by atoms with van der Waals surface area (Å²) in [6.45, 7) is 0. The van der Waals surface area contributed by atoms with Crippen molar-refractivity contribution >= 4 is 27.5 Å². The summed E-state index contributed by atoms with van der Waals surface area (Å²) in [6.07, 6.45) is 0. The van der Waals surface area contributed by atoms with Crippen LogP contribution in [0, 0.1) is 0 Å². The van der Waals surface area contributed by atoms with Crippen LogP contribution in [0.5, 0.6) is 17.2 Å². The second kappa shape index (κ2) is 5.11. The largest absolute Gasteiger partial charge is 0.504 e. The Morgan fingerprint density at radius 2 is 1.73 bits per heavy atom. The van der Waals surface area contributed by atoms with Gasteiger partial charge < -0.3 is 19.7 Å². The number of phenolic OH excluding ortho intramolecular Hbond substituents is 1. The van der Waals surface area contributed by atoms with E-state index in [1.807, 2.05) is 0 Å². The summed E-state index contributed by atoms with van der Waals surface area (Å²) in [6, 6.07) is 10.2. The third kappa shape index (κ3) is 1.90. The molecule has 5 nitrogen and oxygen atoms in total. The molecule has 3 aromatic rings.